The topological polar surface area (TPSA) is 84.0 Å². The summed E-state index contributed by atoms with van der Waals surface area (Å²) < 4.78 is 0.756. The second-order valence-corrected chi connectivity index (χ2v) is 9.79. The average Bonchev–Trinajstić information content (AvgIpc) is 3.38. The average molecular weight is 445 g/mol. The molecule has 9 heteroatoms. The van der Waals surface area contributed by atoms with E-state index in [0.29, 0.717) is 17.1 Å². The number of hydrogen-bond acceptors (Lipinski definition) is 7. The van der Waals surface area contributed by atoms with Crippen LogP contribution < -0.4 is 10.6 Å². The van der Waals surface area contributed by atoms with E-state index in [0.717, 1.165) is 41.1 Å². The zero-order valence-electron chi connectivity index (χ0n) is 15.6. The summed E-state index contributed by atoms with van der Waals surface area (Å²) in [6.45, 7) is 0.463. The molecule has 0 atom stereocenters. The number of rotatable bonds is 7. The Labute approximate surface area is 181 Å². The lowest BCUT2D eigenvalue weighted by Gasteiger charge is -2.13. The van der Waals surface area contributed by atoms with Gasteiger partial charge in [0.1, 0.15) is 10.5 Å². The number of aromatic nitrogens is 2. The third-order valence-corrected chi connectivity index (χ3v) is 7.68. The van der Waals surface area contributed by atoms with E-state index in [1.54, 1.807) is 5.51 Å². The van der Waals surface area contributed by atoms with Crippen molar-refractivity contribution >= 4 is 51.3 Å². The number of thioether (sulfide) groups is 1. The molecule has 29 heavy (non-hydrogen) atoms. The van der Waals surface area contributed by atoms with Gasteiger partial charge >= 0.3 is 0 Å². The Morgan fingerprint density at radius 3 is 2.76 bits per heavy atom. The first-order valence-electron chi connectivity index (χ1n) is 9.36. The Morgan fingerprint density at radius 2 is 1.97 bits per heavy atom. The molecule has 0 fully saturated rings. The molecule has 3 aromatic rings. The molecular formula is C20H20N4O2S3. The molecule has 2 amide bonds. The lowest BCUT2D eigenvalue weighted by Crippen LogP contribution is -2.25. The van der Waals surface area contributed by atoms with E-state index in [4.69, 9.17) is 0 Å². The zero-order chi connectivity index (χ0) is 20.1. The third kappa shape index (κ3) is 5.04. The van der Waals surface area contributed by atoms with Gasteiger partial charge < -0.3 is 10.6 Å². The van der Waals surface area contributed by atoms with Crippen LogP contribution in [0.5, 0.6) is 0 Å². The third-order valence-electron chi connectivity index (χ3n) is 4.61. The Hall–Kier alpha value is -2.23. The standard InChI is InChI=1S/C20H20N4O2S3/c25-16(11-27-20-24-22-12-28-20)23-19-17(14-8-4-5-9-15(14)29-19)18(26)21-10-13-6-2-1-3-7-13/h1-3,6-7,12H,4-5,8-11H2,(H,21,26)(H,23,25). The molecule has 150 valence electrons. The van der Waals surface area contributed by atoms with Gasteiger partial charge in [0.25, 0.3) is 5.91 Å². The van der Waals surface area contributed by atoms with Gasteiger partial charge in [-0.2, -0.15) is 0 Å². The van der Waals surface area contributed by atoms with Crippen molar-refractivity contribution in [2.45, 2.75) is 36.6 Å². The van der Waals surface area contributed by atoms with Gasteiger partial charge in [0.05, 0.1) is 11.3 Å². The molecule has 0 saturated heterocycles. The number of carbonyl (C=O) groups is 2. The molecule has 0 aliphatic heterocycles. The fourth-order valence-corrected chi connectivity index (χ4v) is 5.87. The maximum absolute atomic E-state index is 13.0. The predicted octanol–water partition coefficient (Wildman–Crippen LogP) is 4.14. The van der Waals surface area contributed by atoms with E-state index in [1.165, 1.54) is 39.3 Å². The van der Waals surface area contributed by atoms with Crippen LogP contribution in [-0.4, -0.2) is 27.8 Å². The number of benzene rings is 1. The van der Waals surface area contributed by atoms with Crippen molar-refractivity contribution < 1.29 is 9.59 Å². The number of anilines is 1. The van der Waals surface area contributed by atoms with E-state index in [2.05, 4.69) is 20.8 Å². The molecule has 1 aromatic carbocycles. The Balaban J connectivity index is 1.48. The minimum absolute atomic E-state index is 0.125. The molecule has 6 nitrogen and oxygen atoms in total. The minimum Gasteiger partial charge on any atom is -0.348 e. The van der Waals surface area contributed by atoms with Crippen LogP contribution in [0, 0.1) is 0 Å². The first kappa shape index (κ1) is 20.1. The van der Waals surface area contributed by atoms with Gasteiger partial charge in [-0.05, 0) is 36.8 Å². The van der Waals surface area contributed by atoms with Crippen LogP contribution in [0.2, 0.25) is 0 Å². The van der Waals surface area contributed by atoms with Crippen LogP contribution in [0.4, 0.5) is 5.00 Å². The number of nitrogens with one attached hydrogen (secondary N) is 2. The van der Waals surface area contributed by atoms with Gasteiger partial charge in [0.2, 0.25) is 5.91 Å². The first-order valence-corrected chi connectivity index (χ1v) is 12.0. The van der Waals surface area contributed by atoms with Crippen molar-refractivity contribution in [3.8, 4) is 0 Å². The molecule has 1 aliphatic rings. The number of aryl methyl sites for hydroxylation is 1. The van der Waals surface area contributed by atoms with Crippen molar-refractivity contribution in [2.24, 2.45) is 0 Å². The van der Waals surface area contributed by atoms with Gasteiger partial charge in [-0.3, -0.25) is 9.59 Å². The van der Waals surface area contributed by atoms with E-state index in [-0.39, 0.29) is 17.6 Å². The van der Waals surface area contributed by atoms with Crippen molar-refractivity contribution in [2.75, 3.05) is 11.1 Å². The van der Waals surface area contributed by atoms with Gasteiger partial charge in [-0.15, -0.1) is 21.5 Å². The predicted molar refractivity (Wildman–Crippen MR) is 118 cm³/mol. The van der Waals surface area contributed by atoms with E-state index in [1.807, 2.05) is 30.3 Å². The van der Waals surface area contributed by atoms with Crippen LogP contribution >= 0.6 is 34.4 Å². The minimum atomic E-state index is -0.138. The van der Waals surface area contributed by atoms with Crippen LogP contribution in [0.15, 0.2) is 40.2 Å². The summed E-state index contributed by atoms with van der Waals surface area (Å²) in [5.74, 6) is -0.0238. The maximum atomic E-state index is 13.0. The fraction of sp³-hybridized carbons (Fsp3) is 0.300. The highest BCUT2D eigenvalue weighted by atomic mass is 32.2. The molecule has 2 aromatic heterocycles. The van der Waals surface area contributed by atoms with Gasteiger partial charge in [-0.1, -0.05) is 53.4 Å². The molecule has 0 spiro atoms. The summed E-state index contributed by atoms with van der Waals surface area (Å²) in [4.78, 5) is 26.7. The van der Waals surface area contributed by atoms with E-state index in [9.17, 15) is 9.59 Å². The molecular weight excluding hydrogens is 424 g/mol. The summed E-state index contributed by atoms with van der Waals surface area (Å²) in [6.07, 6.45) is 4.05. The fourth-order valence-electron chi connectivity index (χ4n) is 3.28. The molecule has 0 saturated carbocycles. The summed E-state index contributed by atoms with van der Waals surface area (Å²) in [5.41, 5.74) is 4.42. The number of fused-ring (bicyclic) bond motifs is 1. The van der Waals surface area contributed by atoms with E-state index >= 15 is 0 Å². The number of nitrogens with zero attached hydrogens (tertiary/aromatic N) is 2. The monoisotopic (exact) mass is 444 g/mol. The first-order chi connectivity index (χ1) is 14.2. The summed E-state index contributed by atoms with van der Waals surface area (Å²) in [7, 11) is 0. The van der Waals surface area contributed by atoms with Gasteiger partial charge in [-0.25, -0.2) is 0 Å². The number of amides is 2. The number of hydrogen-bond donors (Lipinski definition) is 2. The van der Waals surface area contributed by atoms with Gasteiger partial charge in [0.15, 0.2) is 4.34 Å². The molecule has 0 unspecified atom stereocenters. The van der Waals surface area contributed by atoms with Crippen LogP contribution in [0.3, 0.4) is 0 Å². The highest BCUT2D eigenvalue weighted by Gasteiger charge is 2.26. The largest absolute Gasteiger partial charge is 0.348 e. The molecule has 2 heterocycles. The summed E-state index contributed by atoms with van der Waals surface area (Å²) in [5, 5.41) is 14.3. The normalized spacial score (nSPS) is 13.0. The molecule has 0 radical (unpaired) electrons. The van der Waals surface area contributed by atoms with Crippen LogP contribution in [0.1, 0.15) is 39.2 Å². The van der Waals surface area contributed by atoms with Gasteiger partial charge in [0, 0.05) is 11.4 Å². The van der Waals surface area contributed by atoms with Crippen molar-refractivity contribution in [1.82, 2.24) is 15.5 Å². The SMILES string of the molecule is O=C(CSc1nncs1)Nc1sc2c(c1C(=O)NCc1ccccc1)CCCC2. The van der Waals surface area contributed by atoms with Crippen molar-refractivity contribution in [3.63, 3.8) is 0 Å². The lowest BCUT2D eigenvalue weighted by molar-refractivity contribution is -0.113. The maximum Gasteiger partial charge on any atom is 0.254 e. The van der Waals surface area contributed by atoms with E-state index < -0.39 is 0 Å². The summed E-state index contributed by atoms with van der Waals surface area (Å²) >= 11 is 4.29. The molecule has 4 rings (SSSR count). The summed E-state index contributed by atoms with van der Waals surface area (Å²) in [6, 6.07) is 9.83. The second kappa shape index (κ2) is 9.51. The zero-order valence-corrected chi connectivity index (χ0v) is 18.1. The van der Waals surface area contributed by atoms with Crippen molar-refractivity contribution in [1.29, 1.82) is 0 Å². The van der Waals surface area contributed by atoms with Crippen molar-refractivity contribution in [3.05, 3.63) is 57.4 Å². The number of carbonyl (C=O) groups excluding carboxylic acids is 2. The lowest BCUT2D eigenvalue weighted by atomic mass is 9.95. The Morgan fingerprint density at radius 1 is 1.14 bits per heavy atom. The molecule has 1 aliphatic carbocycles. The second-order valence-electron chi connectivity index (χ2n) is 6.62. The smallest absolute Gasteiger partial charge is 0.254 e. The quantitative estimate of drug-likeness (QED) is 0.535. The Bertz CT molecular complexity index is 987. The van der Waals surface area contributed by atoms with Crippen LogP contribution in [-0.2, 0) is 24.2 Å². The number of thiophene rings is 1. The highest BCUT2D eigenvalue weighted by molar-refractivity contribution is 8.01. The highest BCUT2D eigenvalue weighted by Crippen LogP contribution is 2.38. The Kier molecular flexibility index (Phi) is 6.58. The van der Waals surface area contributed by atoms with Crippen LogP contribution in [0.25, 0.3) is 0 Å². The molecule has 0 bridgehead atoms. The molecule has 2 N–H and O–H groups in total.